The van der Waals surface area contributed by atoms with Gasteiger partial charge < -0.3 is 42.2 Å². The van der Waals surface area contributed by atoms with Crippen LogP contribution in [0.5, 0.6) is 5.75 Å². The van der Waals surface area contributed by atoms with Gasteiger partial charge in [0.25, 0.3) is 5.91 Å². The Morgan fingerprint density at radius 1 is 1.00 bits per heavy atom. The largest absolute Gasteiger partial charge is 0.480 e. The third kappa shape index (κ3) is 16.3. The molecule has 1 saturated heterocycles. The molecule has 5 amide bonds. The highest BCUT2D eigenvalue weighted by atomic mass is 32.2. The number of halogens is 2. The molecule has 0 unspecified atom stereocenters. The highest BCUT2D eigenvalue weighted by Crippen LogP contribution is 2.31. The zero-order chi connectivity index (χ0) is 45.3. The van der Waals surface area contributed by atoms with E-state index in [0.717, 1.165) is 43.6 Å². The number of ether oxygens (including phenoxy) is 2. The monoisotopic (exact) mass is 885 g/mol. The fraction of sp³-hybridized carbons (Fsp3) is 0.558. The van der Waals surface area contributed by atoms with Crippen molar-refractivity contribution < 1.29 is 42.2 Å². The smallest absolute Gasteiger partial charge is 0.312 e. The summed E-state index contributed by atoms with van der Waals surface area (Å²) in [5.74, 6) is -3.10. The highest BCUT2D eigenvalue weighted by molar-refractivity contribution is 8.00. The quantitative estimate of drug-likeness (QED) is 0.0616. The van der Waals surface area contributed by atoms with Crippen LogP contribution in [0.15, 0.2) is 48.7 Å². The van der Waals surface area contributed by atoms with Crippen molar-refractivity contribution in [1.29, 1.82) is 0 Å². The van der Waals surface area contributed by atoms with Crippen molar-refractivity contribution in [2.24, 2.45) is 16.9 Å². The highest BCUT2D eigenvalue weighted by Gasteiger charge is 2.32. The number of nitrogens with one attached hydrogen (secondary N) is 4. The molecular weight excluding hydrogens is 825 g/mol. The molecule has 19 heteroatoms. The Morgan fingerprint density at radius 2 is 1.74 bits per heavy atom. The molecule has 0 aliphatic carbocycles. The molecule has 1 aliphatic rings. The Hall–Kier alpha value is -5.14. The normalized spacial score (nSPS) is 15.7. The summed E-state index contributed by atoms with van der Waals surface area (Å²) in [6, 6.07) is 8.33. The number of benzene rings is 2. The Kier molecular flexibility index (Phi) is 19.1. The van der Waals surface area contributed by atoms with Crippen LogP contribution >= 0.6 is 11.8 Å². The van der Waals surface area contributed by atoms with E-state index in [9.17, 15) is 32.8 Å². The second kappa shape index (κ2) is 23.9. The van der Waals surface area contributed by atoms with Crippen LogP contribution in [-0.4, -0.2) is 99.5 Å². The Labute approximate surface area is 365 Å². The minimum atomic E-state index is -1.000. The minimum absolute atomic E-state index is 0.0129. The van der Waals surface area contributed by atoms with Crippen molar-refractivity contribution >= 4 is 41.3 Å². The van der Waals surface area contributed by atoms with Crippen LogP contribution in [0.1, 0.15) is 102 Å². The number of aromatic nitrogens is 3. The molecule has 1 aromatic heterocycles. The third-order valence-corrected chi connectivity index (χ3v) is 11.9. The predicted octanol–water partition coefficient (Wildman–Crippen LogP) is 4.47. The number of hydrogen-bond acceptors (Lipinski definition) is 11. The summed E-state index contributed by atoms with van der Waals surface area (Å²) >= 11 is 1.83. The SMILES string of the molecule is CC(C)(CCNC(=O)CCCC[C@H]1C[C@@H](NC(N)=O)CS1)OCC(C)(C)C(=O)NCc1cn(-c2cccc(C(=O)N[C@@H](CCCCN)C(=O)COc3c(F)cccc3F)c2)nn1. The minimum Gasteiger partial charge on any atom is -0.480 e. The molecule has 340 valence electrons. The number of urea groups is 1. The lowest BCUT2D eigenvalue weighted by Gasteiger charge is -2.31. The van der Waals surface area contributed by atoms with Gasteiger partial charge in [-0.25, -0.2) is 18.3 Å². The number of para-hydroxylation sites is 1. The van der Waals surface area contributed by atoms with Gasteiger partial charge in [-0.3, -0.25) is 19.2 Å². The third-order valence-electron chi connectivity index (χ3n) is 10.4. The summed E-state index contributed by atoms with van der Waals surface area (Å²) in [6.07, 6.45) is 7.58. The first kappa shape index (κ1) is 49.5. The molecule has 0 saturated carbocycles. The first-order chi connectivity index (χ1) is 29.5. The van der Waals surface area contributed by atoms with Gasteiger partial charge in [0.15, 0.2) is 23.2 Å². The number of ketones is 1. The lowest BCUT2D eigenvalue weighted by Crippen LogP contribution is -2.43. The van der Waals surface area contributed by atoms with Crippen LogP contribution in [0, 0.1) is 17.0 Å². The van der Waals surface area contributed by atoms with Gasteiger partial charge >= 0.3 is 6.03 Å². The second-order valence-electron chi connectivity index (χ2n) is 16.7. The maximum atomic E-state index is 14.1. The molecule has 62 heavy (non-hydrogen) atoms. The maximum Gasteiger partial charge on any atom is 0.312 e. The zero-order valence-electron chi connectivity index (χ0n) is 36.0. The van der Waals surface area contributed by atoms with Gasteiger partial charge in [-0.2, -0.15) is 11.8 Å². The van der Waals surface area contributed by atoms with Crippen molar-refractivity contribution in [3.05, 3.63) is 71.6 Å². The number of amides is 5. The molecule has 0 spiro atoms. The van der Waals surface area contributed by atoms with Crippen molar-refractivity contribution in [1.82, 2.24) is 36.3 Å². The summed E-state index contributed by atoms with van der Waals surface area (Å²) in [5.41, 5.74) is 10.5. The van der Waals surface area contributed by atoms with Gasteiger partial charge in [0.05, 0.1) is 42.1 Å². The number of thioether (sulfide) groups is 1. The standard InChI is InChI=1S/C43H61F2N9O7S/c1-42(2,27-61-43(3,4)18-20-48-37(56)17-6-5-13-32-22-29(26-62-32)50-41(47)59)40(58)49-23-30-24-54(53-52-30)31-12-9-11-28(21-31)39(57)51-35(16-7-8-19-46)36(55)25-60-38-33(44)14-10-15-34(38)45/h9-12,14-15,21,24,29,32,35H,5-8,13,16-20,22-23,25-27,46H2,1-4H3,(H,48,56)(H,49,58)(H,51,57)(H3,47,50,59)/t29-,32+,35+/m1/s1. The second-order valence-corrected chi connectivity index (χ2v) is 18.0. The molecule has 8 N–H and O–H groups in total. The summed E-state index contributed by atoms with van der Waals surface area (Å²) in [6.45, 7) is 7.76. The number of primary amides is 1. The Morgan fingerprint density at radius 3 is 2.47 bits per heavy atom. The van der Waals surface area contributed by atoms with Crippen molar-refractivity contribution in [2.75, 3.05) is 32.1 Å². The molecule has 3 aromatic rings. The van der Waals surface area contributed by atoms with E-state index in [2.05, 4.69) is 31.6 Å². The average molecular weight is 886 g/mol. The molecule has 0 bridgehead atoms. The summed E-state index contributed by atoms with van der Waals surface area (Å²) in [4.78, 5) is 63.2. The van der Waals surface area contributed by atoms with Crippen LogP contribution in [0.3, 0.4) is 0 Å². The number of hydrogen-bond donors (Lipinski definition) is 6. The Balaban J connectivity index is 1.19. The number of nitrogens with zero attached hydrogens (tertiary/aromatic N) is 3. The van der Waals surface area contributed by atoms with Crippen LogP contribution < -0.4 is 37.5 Å². The van der Waals surface area contributed by atoms with Crippen LogP contribution in [0.25, 0.3) is 5.69 Å². The molecule has 3 atom stereocenters. The lowest BCUT2D eigenvalue weighted by atomic mass is 9.92. The van der Waals surface area contributed by atoms with E-state index < -0.39 is 58.8 Å². The van der Waals surface area contributed by atoms with E-state index in [0.29, 0.717) is 55.4 Å². The molecule has 2 heterocycles. The predicted molar refractivity (Wildman–Crippen MR) is 232 cm³/mol. The molecule has 4 rings (SSSR count). The summed E-state index contributed by atoms with van der Waals surface area (Å²) in [7, 11) is 0. The van der Waals surface area contributed by atoms with Crippen molar-refractivity contribution in [3.63, 3.8) is 0 Å². The van der Waals surface area contributed by atoms with Crippen molar-refractivity contribution in [2.45, 2.75) is 115 Å². The first-order valence-corrected chi connectivity index (χ1v) is 22.0. The molecule has 0 radical (unpaired) electrons. The van der Waals surface area contributed by atoms with Gasteiger partial charge in [0, 0.05) is 35.6 Å². The van der Waals surface area contributed by atoms with Gasteiger partial charge in [0.1, 0.15) is 12.3 Å². The number of nitrogens with two attached hydrogens (primary N) is 2. The number of Topliss-reactive ketones (excluding diaryl/α,β-unsaturated/α-hetero) is 1. The zero-order valence-corrected chi connectivity index (χ0v) is 36.8. The van der Waals surface area contributed by atoms with E-state index in [-0.39, 0.29) is 43.0 Å². The number of carbonyl (C=O) groups excluding carboxylic acids is 5. The van der Waals surface area contributed by atoms with Gasteiger partial charge in [0.2, 0.25) is 11.8 Å². The van der Waals surface area contributed by atoms with E-state index >= 15 is 0 Å². The van der Waals surface area contributed by atoms with E-state index in [1.54, 1.807) is 44.3 Å². The van der Waals surface area contributed by atoms with Gasteiger partial charge in [-0.1, -0.05) is 23.8 Å². The van der Waals surface area contributed by atoms with E-state index in [1.807, 2.05) is 25.6 Å². The maximum absolute atomic E-state index is 14.1. The van der Waals surface area contributed by atoms with Crippen LogP contribution in [0.2, 0.25) is 0 Å². The molecule has 1 fully saturated rings. The lowest BCUT2D eigenvalue weighted by molar-refractivity contribution is -0.137. The van der Waals surface area contributed by atoms with Crippen LogP contribution in [-0.2, 0) is 25.7 Å². The fourth-order valence-electron chi connectivity index (χ4n) is 6.59. The molecular formula is C43H61F2N9O7S. The number of rotatable bonds is 26. The number of unbranched alkanes of at least 4 members (excludes halogenated alkanes) is 2. The van der Waals surface area contributed by atoms with Crippen LogP contribution in [0.4, 0.5) is 13.6 Å². The van der Waals surface area contributed by atoms with E-state index in [1.165, 1.54) is 10.7 Å². The van der Waals surface area contributed by atoms with E-state index in [4.69, 9.17) is 20.9 Å². The molecule has 1 aliphatic heterocycles. The average Bonchev–Trinajstić information content (AvgIpc) is 3.89. The molecule has 2 aromatic carbocycles. The van der Waals surface area contributed by atoms with Crippen molar-refractivity contribution in [3.8, 4) is 11.4 Å². The topological polar surface area (TPSA) is 235 Å². The van der Waals surface area contributed by atoms with Gasteiger partial charge in [-0.05, 0) is 110 Å². The Bertz CT molecular complexity index is 1960. The first-order valence-electron chi connectivity index (χ1n) is 20.9. The number of carbonyl (C=O) groups is 5. The summed E-state index contributed by atoms with van der Waals surface area (Å²) in [5, 5.41) is 20.1. The fourth-order valence-corrected chi connectivity index (χ4v) is 8.01. The molecule has 16 nitrogen and oxygen atoms in total. The van der Waals surface area contributed by atoms with Gasteiger partial charge in [-0.15, -0.1) is 5.10 Å². The summed E-state index contributed by atoms with van der Waals surface area (Å²) < 4.78 is 40.9.